The number of carbonyl (C=O) groups is 1. The van der Waals surface area contributed by atoms with E-state index in [0.29, 0.717) is 17.0 Å². The molecule has 1 aliphatic rings. The van der Waals surface area contributed by atoms with Gasteiger partial charge in [0.1, 0.15) is 17.6 Å². The van der Waals surface area contributed by atoms with Crippen molar-refractivity contribution in [1.29, 1.82) is 0 Å². The summed E-state index contributed by atoms with van der Waals surface area (Å²) in [5.41, 5.74) is 1.06. The molecular formula is C20H23N3O3. The number of nitrogens with zero attached hydrogens (tertiary/aromatic N) is 3. The third kappa shape index (κ3) is 2.79. The summed E-state index contributed by atoms with van der Waals surface area (Å²) in [6, 6.07) is 7.67. The maximum absolute atomic E-state index is 12.8. The maximum Gasteiger partial charge on any atom is 0.297 e. The number of hydrogen-bond acceptors (Lipinski definition) is 4. The SMILES string of the molecule is CC1CCCCC1N(C)C(=O)Cn1cnc2c(oc3ccccc32)c1=O. The minimum absolute atomic E-state index is 0.0153. The summed E-state index contributed by atoms with van der Waals surface area (Å²) >= 11 is 0. The van der Waals surface area contributed by atoms with Gasteiger partial charge >= 0.3 is 0 Å². The first kappa shape index (κ1) is 16.8. The van der Waals surface area contributed by atoms with Crippen molar-refractivity contribution >= 4 is 28.0 Å². The Bertz CT molecular complexity index is 1020. The van der Waals surface area contributed by atoms with Crippen molar-refractivity contribution in [2.75, 3.05) is 7.05 Å². The molecule has 4 rings (SSSR count). The molecule has 6 nitrogen and oxygen atoms in total. The fourth-order valence-corrected chi connectivity index (χ4v) is 4.04. The average Bonchev–Trinajstić information content (AvgIpc) is 3.03. The second-order valence-corrected chi connectivity index (χ2v) is 7.29. The Labute approximate surface area is 151 Å². The Kier molecular flexibility index (Phi) is 4.26. The average molecular weight is 353 g/mol. The smallest absolute Gasteiger partial charge is 0.297 e. The third-order valence-electron chi connectivity index (χ3n) is 5.61. The monoisotopic (exact) mass is 353 g/mol. The number of hydrogen-bond donors (Lipinski definition) is 0. The van der Waals surface area contributed by atoms with Crippen LogP contribution in [0.3, 0.4) is 0 Å². The highest BCUT2D eigenvalue weighted by atomic mass is 16.3. The summed E-state index contributed by atoms with van der Waals surface area (Å²) in [4.78, 5) is 31.7. The van der Waals surface area contributed by atoms with Crippen molar-refractivity contribution in [2.45, 2.75) is 45.2 Å². The molecule has 1 fully saturated rings. The molecule has 0 radical (unpaired) electrons. The van der Waals surface area contributed by atoms with Gasteiger partial charge in [-0.2, -0.15) is 0 Å². The molecule has 1 aliphatic carbocycles. The number of likely N-dealkylation sites (N-methyl/N-ethyl adjacent to an activating group) is 1. The van der Waals surface area contributed by atoms with Crippen molar-refractivity contribution in [1.82, 2.24) is 14.5 Å². The third-order valence-corrected chi connectivity index (χ3v) is 5.61. The van der Waals surface area contributed by atoms with Crippen LogP contribution in [0.2, 0.25) is 0 Å². The molecule has 6 heteroatoms. The van der Waals surface area contributed by atoms with Crippen LogP contribution in [0, 0.1) is 5.92 Å². The Morgan fingerprint density at radius 1 is 1.31 bits per heavy atom. The second-order valence-electron chi connectivity index (χ2n) is 7.29. The summed E-state index contributed by atoms with van der Waals surface area (Å²) < 4.78 is 7.02. The standard InChI is InChI=1S/C20H23N3O3/c1-13-7-3-5-9-15(13)22(2)17(24)11-23-12-21-18-14-8-4-6-10-16(14)26-19(18)20(23)25/h4,6,8,10,12-13,15H,3,5,7,9,11H2,1-2H3. The van der Waals surface area contributed by atoms with Crippen LogP contribution in [0.4, 0.5) is 0 Å². The van der Waals surface area contributed by atoms with Gasteiger partial charge < -0.3 is 9.32 Å². The number of carbonyl (C=O) groups excluding carboxylic acids is 1. The number of benzene rings is 1. The molecule has 0 aliphatic heterocycles. The first-order chi connectivity index (χ1) is 12.6. The van der Waals surface area contributed by atoms with Gasteiger partial charge in [0, 0.05) is 18.5 Å². The van der Waals surface area contributed by atoms with Crippen LogP contribution in [-0.2, 0) is 11.3 Å². The number of aromatic nitrogens is 2. The summed E-state index contributed by atoms with van der Waals surface area (Å²) in [7, 11) is 1.84. The largest absolute Gasteiger partial charge is 0.448 e. The summed E-state index contributed by atoms with van der Waals surface area (Å²) in [5, 5.41) is 0.811. The van der Waals surface area contributed by atoms with Gasteiger partial charge in [0.2, 0.25) is 11.5 Å². The van der Waals surface area contributed by atoms with Gasteiger partial charge in [0.25, 0.3) is 5.56 Å². The van der Waals surface area contributed by atoms with E-state index in [-0.39, 0.29) is 29.6 Å². The van der Waals surface area contributed by atoms with Crippen molar-refractivity contribution in [2.24, 2.45) is 5.92 Å². The van der Waals surface area contributed by atoms with Gasteiger partial charge in [-0.25, -0.2) is 4.98 Å². The van der Waals surface area contributed by atoms with E-state index < -0.39 is 0 Å². The summed E-state index contributed by atoms with van der Waals surface area (Å²) in [6.07, 6.45) is 6.00. The van der Waals surface area contributed by atoms with Crippen LogP contribution in [0.5, 0.6) is 0 Å². The lowest BCUT2D eigenvalue weighted by Crippen LogP contribution is -2.44. The van der Waals surface area contributed by atoms with Gasteiger partial charge in [-0.3, -0.25) is 14.2 Å². The molecule has 1 saturated carbocycles. The van der Waals surface area contributed by atoms with Crippen LogP contribution in [-0.4, -0.2) is 33.4 Å². The van der Waals surface area contributed by atoms with Gasteiger partial charge in [-0.1, -0.05) is 31.9 Å². The zero-order valence-corrected chi connectivity index (χ0v) is 15.1. The molecular weight excluding hydrogens is 330 g/mol. The highest BCUT2D eigenvalue weighted by Crippen LogP contribution is 2.27. The fraction of sp³-hybridized carbons (Fsp3) is 0.450. The van der Waals surface area contributed by atoms with Gasteiger partial charge in [-0.05, 0) is 30.9 Å². The van der Waals surface area contributed by atoms with E-state index in [1.54, 1.807) is 4.90 Å². The molecule has 2 aromatic heterocycles. The van der Waals surface area contributed by atoms with E-state index in [0.717, 1.165) is 24.6 Å². The van der Waals surface area contributed by atoms with E-state index in [9.17, 15) is 9.59 Å². The Morgan fingerprint density at radius 2 is 2.08 bits per heavy atom. The van der Waals surface area contributed by atoms with E-state index in [2.05, 4.69) is 11.9 Å². The number of fused-ring (bicyclic) bond motifs is 3. The van der Waals surface area contributed by atoms with Crippen molar-refractivity contribution < 1.29 is 9.21 Å². The maximum atomic E-state index is 12.8. The normalized spacial score (nSPS) is 20.5. The van der Waals surface area contributed by atoms with E-state index >= 15 is 0 Å². The van der Waals surface area contributed by atoms with Crippen LogP contribution >= 0.6 is 0 Å². The predicted molar refractivity (Wildman–Crippen MR) is 100.0 cm³/mol. The van der Waals surface area contributed by atoms with Crippen LogP contribution in [0.1, 0.15) is 32.6 Å². The van der Waals surface area contributed by atoms with Crippen molar-refractivity contribution in [3.63, 3.8) is 0 Å². The second kappa shape index (κ2) is 6.59. The number of rotatable bonds is 3. The molecule has 0 bridgehead atoms. The molecule has 0 N–H and O–H groups in total. The minimum Gasteiger partial charge on any atom is -0.448 e. The van der Waals surface area contributed by atoms with Gasteiger partial charge in [0.05, 0.1) is 6.33 Å². The molecule has 2 heterocycles. The Hall–Kier alpha value is -2.63. The molecule has 0 saturated heterocycles. The van der Waals surface area contributed by atoms with Gasteiger partial charge in [-0.15, -0.1) is 0 Å². The summed E-state index contributed by atoms with van der Waals surface area (Å²) in [5.74, 6) is 0.425. The van der Waals surface area contributed by atoms with Crippen LogP contribution in [0.15, 0.2) is 39.8 Å². The number of amides is 1. The molecule has 0 spiro atoms. The molecule has 2 unspecified atom stereocenters. The van der Waals surface area contributed by atoms with E-state index in [1.807, 2.05) is 31.3 Å². The van der Waals surface area contributed by atoms with Crippen molar-refractivity contribution in [3.8, 4) is 0 Å². The molecule has 136 valence electrons. The lowest BCUT2D eigenvalue weighted by molar-refractivity contribution is -0.134. The first-order valence-corrected chi connectivity index (χ1v) is 9.18. The van der Waals surface area contributed by atoms with E-state index in [1.165, 1.54) is 17.3 Å². The highest BCUT2D eigenvalue weighted by molar-refractivity contribution is 6.01. The lowest BCUT2D eigenvalue weighted by Gasteiger charge is -2.36. The van der Waals surface area contributed by atoms with Gasteiger partial charge in [0.15, 0.2) is 0 Å². The Morgan fingerprint density at radius 3 is 2.88 bits per heavy atom. The molecule has 1 amide bonds. The minimum atomic E-state index is -0.315. The highest BCUT2D eigenvalue weighted by Gasteiger charge is 2.28. The fourth-order valence-electron chi connectivity index (χ4n) is 4.04. The zero-order chi connectivity index (χ0) is 18.3. The predicted octanol–water partition coefficient (Wildman–Crippen LogP) is 3.18. The topological polar surface area (TPSA) is 68.3 Å². The Balaban J connectivity index is 1.62. The first-order valence-electron chi connectivity index (χ1n) is 9.18. The molecule has 2 atom stereocenters. The summed E-state index contributed by atoms with van der Waals surface area (Å²) in [6.45, 7) is 2.18. The molecule has 1 aromatic carbocycles. The molecule has 3 aromatic rings. The van der Waals surface area contributed by atoms with Crippen LogP contribution in [0.25, 0.3) is 22.1 Å². The van der Waals surface area contributed by atoms with Crippen molar-refractivity contribution in [3.05, 3.63) is 40.9 Å². The van der Waals surface area contributed by atoms with E-state index in [4.69, 9.17) is 4.42 Å². The van der Waals surface area contributed by atoms with Crippen LogP contribution < -0.4 is 5.56 Å². The zero-order valence-electron chi connectivity index (χ0n) is 15.1. The number of furan rings is 1. The molecule has 26 heavy (non-hydrogen) atoms. The number of para-hydroxylation sites is 1. The quantitative estimate of drug-likeness (QED) is 0.725. The lowest BCUT2D eigenvalue weighted by atomic mass is 9.85.